The van der Waals surface area contributed by atoms with Crippen molar-refractivity contribution in [2.24, 2.45) is 0 Å². The number of halogens is 1. The molecule has 1 aromatic heterocycles. The Morgan fingerprint density at radius 2 is 1.95 bits per heavy atom. The lowest BCUT2D eigenvalue weighted by molar-refractivity contribution is -0.0712. The number of hydrogen-bond acceptors (Lipinski definition) is 7. The van der Waals surface area contributed by atoms with Crippen LogP contribution in [0.15, 0.2) is 54.6 Å². The molecule has 9 nitrogen and oxygen atoms in total. The van der Waals surface area contributed by atoms with E-state index < -0.39 is 17.6 Å². The molecule has 3 aliphatic heterocycles. The van der Waals surface area contributed by atoms with Gasteiger partial charge < -0.3 is 23.9 Å². The van der Waals surface area contributed by atoms with Gasteiger partial charge in [0.1, 0.15) is 11.6 Å². The van der Waals surface area contributed by atoms with Crippen LogP contribution in [-0.4, -0.2) is 51.3 Å². The summed E-state index contributed by atoms with van der Waals surface area (Å²) in [7, 11) is 0. The number of carbonyl (C=O) groups is 1. The van der Waals surface area contributed by atoms with Gasteiger partial charge in [-0.3, -0.25) is 4.90 Å². The topological polar surface area (TPSA) is 110 Å². The molecule has 1 N–H and O–H groups in total. The molecule has 2 fully saturated rings. The first-order valence-corrected chi connectivity index (χ1v) is 14.6. The van der Waals surface area contributed by atoms with Crippen LogP contribution in [0.4, 0.5) is 4.39 Å². The first-order valence-electron chi connectivity index (χ1n) is 14.6. The summed E-state index contributed by atoms with van der Waals surface area (Å²) in [5.41, 5.74) is 3.38. The molecule has 0 unspecified atom stereocenters. The minimum atomic E-state index is -1.33. The highest BCUT2D eigenvalue weighted by Gasteiger charge is 2.43. The number of piperidine rings is 1. The van der Waals surface area contributed by atoms with Gasteiger partial charge in [0.05, 0.1) is 53.0 Å². The molecule has 0 radical (unpaired) electrons. The molecule has 7 rings (SSSR count). The fourth-order valence-electron chi connectivity index (χ4n) is 6.40. The van der Waals surface area contributed by atoms with Gasteiger partial charge in [0.15, 0.2) is 11.5 Å². The van der Waals surface area contributed by atoms with Crippen molar-refractivity contribution in [2.75, 3.05) is 19.7 Å². The highest BCUT2D eigenvalue weighted by atomic mass is 19.1. The van der Waals surface area contributed by atoms with E-state index in [2.05, 4.69) is 15.5 Å². The number of fused-ring (bicyclic) bond motifs is 2. The Kier molecular flexibility index (Phi) is 6.79. The Balaban J connectivity index is 1.08. The number of nitrogens with zero attached hydrogens (tertiary/aromatic N) is 4. The molecule has 2 atom stereocenters. The number of aromatic nitrogens is 2. The van der Waals surface area contributed by atoms with E-state index in [9.17, 15) is 14.3 Å². The maximum Gasteiger partial charge on any atom is 0.335 e. The summed E-state index contributed by atoms with van der Waals surface area (Å²) < 4.78 is 35.3. The smallest absolute Gasteiger partial charge is 0.335 e. The zero-order chi connectivity index (χ0) is 29.7. The highest BCUT2D eigenvalue weighted by Crippen LogP contribution is 2.49. The van der Waals surface area contributed by atoms with E-state index in [-0.39, 0.29) is 28.7 Å². The van der Waals surface area contributed by atoms with Crippen LogP contribution >= 0.6 is 0 Å². The summed E-state index contributed by atoms with van der Waals surface area (Å²) in [6, 6.07) is 17.2. The number of carboxylic acids is 1. The molecule has 3 aliphatic rings. The highest BCUT2D eigenvalue weighted by molar-refractivity contribution is 5.92. The number of para-hydroxylation sites is 1. The first kappa shape index (κ1) is 27.4. The van der Waals surface area contributed by atoms with Gasteiger partial charge in [-0.05, 0) is 80.7 Å². The van der Waals surface area contributed by atoms with Gasteiger partial charge in [0.25, 0.3) is 5.79 Å². The molecule has 220 valence electrons. The molecule has 10 heteroatoms. The molecule has 2 saturated heterocycles. The molecule has 0 aliphatic carbocycles. The van der Waals surface area contributed by atoms with E-state index in [0.717, 1.165) is 61.4 Å². The van der Waals surface area contributed by atoms with Crippen molar-refractivity contribution in [3.63, 3.8) is 0 Å². The minimum absolute atomic E-state index is 0.112. The lowest BCUT2D eigenvalue weighted by Gasteiger charge is -2.33. The number of likely N-dealkylation sites (tertiary alicyclic amines) is 1. The van der Waals surface area contributed by atoms with Gasteiger partial charge in [-0.1, -0.05) is 12.1 Å². The van der Waals surface area contributed by atoms with Crippen LogP contribution in [0.1, 0.15) is 65.0 Å². The number of benzene rings is 3. The van der Waals surface area contributed by atoms with Crippen molar-refractivity contribution in [2.45, 2.75) is 57.1 Å². The fourth-order valence-corrected chi connectivity index (χ4v) is 6.40. The number of imidazole rings is 1. The monoisotopic (exact) mass is 582 g/mol. The summed E-state index contributed by atoms with van der Waals surface area (Å²) in [5, 5.41) is 18.6. The Morgan fingerprint density at radius 3 is 2.65 bits per heavy atom. The second-order valence-corrected chi connectivity index (χ2v) is 11.6. The van der Waals surface area contributed by atoms with Crippen LogP contribution < -0.4 is 9.47 Å². The van der Waals surface area contributed by atoms with Crippen molar-refractivity contribution in [1.29, 1.82) is 5.26 Å². The zero-order valence-corrected chi connectivity index (χ0v) is 23.8. The SMILES string of the molecule is C[C@]1(c2ccc(C#N)cc2F)Oc2cccc(C3CCN(Cc4nc5ccc(C(=O)O)cc5n4C[C@@H]4CCO4)CC3)c2O1. The molecule has 0 bridgehead atoms. The number of ether oxygens (including phenoxy) is 3. The van der Waals surface area contributed by atoms with E-state index >= 15 is 0 Å². The summed E-state index contributed by atoms with van der Waals surface area (Å²) in [4.78, 5) is 18.9. The predicted octanol–water partition coefficient (Wildman–Crippen LogP) is 5.56. The normalized spacial score (nSPS) is 21.9. The third-order valence-corrected chi connectivity index (χ3v) is 8.84. The predicted molar refractivity (Wildman–Crippen MR) is 154 cm³/mol. The lowest BCUT2D eigenvalue weighted by atomic mass is 9.88. The van der Waals surface area contributed by atoms with E-state index in [0.29, 0.717) is 24.6 Å². The number of rotatable bonds is 7. The van der Waals surface area contributed by atoms with Crippen LogP contribution in [0.3, 0.4) is 0 Å². The molecule has 4 heterocycles. The van der Waals surface area contributed by atoms with Gasteiger partial charge in [-0.15, -0.1) is 0 Å². The maximum atomic E-state index is 14.9. The summed E-state index contributed by atoms with van der Waals surface area (Å²) in [6.45, 7) is 5.45. The first-order chi connectivity index (χ1) is 20.8. The quantitative estimate of drug-likeness (QED) is 0.302. The third kappa shape index (κ3) is 4.98. The van der Waals surface area contributed by atoms with Crippen molar-refractivity contribution in [3.8, 4) is 17.6 Å². The van der Waals surface area contributed by atoms with Crippen molar-refractivity contribution >= 4 is 17.0 Å². The number of nitriles is 1. The van der Waals surface area contributed by atoms with Crippen molar-refractivity contribution in [3.05, 3.63) is 88.5 Å². The average molecular weight is 583 g/mol. The van der Waals surface area contributed by atoms with Crippen molar-refractivity contribution < 1.29 is 28.5 Å². The number of carboxylic acid groups (broad SMARTS) is 1. The second kappa shape index (κ2) is 10.7. The van der Waals surface area contributed by atoms with Gasteiger partial charge >= 0.3 is 5.97 Å². The second-order valence-electron chi connectivity index (χ2n) is 11.6. The number of hydrogen-bond donors (Lipinski definition) is 1. The molecular weight excluding hydrogens is 551 g/mol. The van der Waals surface area contributed by atoms with E-state index in [1.165, 1.54) is 6.07 Å². The Hall–Kier alpha value is -4.46. The maximum absolute atomic E-state index is 14.9. The average Bonchev–Trinajstić information content (AvgIpc) is 3.51. The van der Waals surface area contributed by atoms with Crippen LogP contribution in [0.5, 0.6) is 11.5 Å². The van der Waals surface area contributed by atoms with Crippen LogP contribution in [0, 0.1) is 17.1 Å². The molecule has 4 aromatic rings. The Morgan fingerprint density at radius 1 is 1.14 bits per heavy atom. The third-order valence-electron chi connectivity index (χ3n) is 8.84. The van der Waals surface area contributed by atoms with E-state index in [1.54, 1.807) is 37.3 Å². The van der Waals surface area contributed by atoms with Crippen LogP contribution in [0.25, 0.3) is 11.0 Å². The Labute approximate surface area is 248 Å². The summed E-state index contributed by atoms with van der Waals surface area (Å²) >= 11 is 0. The van der Waals surface area contributed by atoms with Gasteiger partial charge in [-0.2, -0.15) is 5.26 Å². The molecule has 43 heavy (non-hydrogen) atoms. The lowest BCUT2D eigenvalue weighted by Crippen LogP contribution is -2.35. The van der Waals surface area contributed by atoms with Gasteiger partial charge in [-0.25, -0.2) is 14.2 Å². The standard InChI is InChI=1S/C33H31FN4O5/c1-33(25-7-5-20(17-35)15-26(25)34)42-29-4-2-3-24(31(29)43-33)21-9-12-37(13-10-21)19-30-36-27-8-6-22(32(39)40)16-28(27)38(30)18-23-11-14-41-23/h2-8,15-16,21,23H,9-14,18-19H2,1H3,(H,39,40)/t23-,33-/m0/s1. The van der Waals surface area contributed by atoms with Crippen molar-refractivity contribution in [1.82, 2.24) is 14.5 Å². The van der Waals surface area contributed by atoms with E-state index in [1.807, 2.05) is 18.2 Å². The van der Waals surface area contributed by atoms with E-state index in [4.69, 9.17) is 24.5 Å². The van der Waals surface area contributed by atoms with Crippen LogP contribution in [0.2, 0.25) is 0 Å². The van der Waals surface area contributed by atoms with Gasteiger partial charge in [0.2, 0.25) is 0 Å². The largest absolute Gasteiger partial charge is 0.478 e. The molecular formula is C33H31FN4O5. The summed E-state index contributed by atoms with van der Waals surface area (Å²) in [6.07, 6.45) is 2.89. The fraction of sp³-hybridized carbons (Fsp3) is 0.364. The molecule has 0 amide bonds. The molecule has 0 saturated carbocycles. The zero-order valence-electron chi connectivity index (χ0n) is 23.8. The number of aromatic carboxylic acids is 1. The molecule has 3 aromatic carbocycles. The molecule has 0 spiro atoms. The summed E-state index contributed by atoms with van der Waals surface area (Å²) in [5.74, 6) is -0.462. The van der Waals surface area contributed by atoms with Gasteiger partial charge in [0, 0.05) is 19.1 Å². The minimum Gasteiger partial charge on any atom is -0.478 e. The van der Waals surface area contributed by atoms with Crippen LogP contribution in [-0.2, 0) is 23.6 Å². The Bertz CT molecular complexity index is 1770.